The third-order valence-corrected chi connectivity index (χ3v) is 5.04. The largest absolute Gasteiger partial charge is 0.353 e. The Bertz CT molecular complexity index is 886. The number of anilines is 1. The zero-order chi connectivity index (χ0) is 18.3. The lowest BCUT2D eigenvalue weighted by molar-refractivity contribution is 0.0258. The van der Waals surface area contributed by atoms with Gasteiger partial charge in [0.2, 0.25) is 0 Å². The lowest BCUT2D eigenvalue weighted by Crippen LogP contribution is -2.57. The van der Waals surface area contributed by atoms with E-state index < -0.39 is 29.6 Å². The molecule has 0 spiro atoms. The highest BCUT2D eigenvalue weighted by molar-refractivity contribution is 5.54. The number of pyridine rings is 1. The van der Waals surface area contributed by atoms with Crippen molar-refractivity contribution in [3.05, 3.63) is 59.3 Å². The van der Waals surface area contributed by atoms with Crippen molar-refractivity contribution in [2.24, 2.45) is 5.73 Å². The SMILES string of the molecule is N#Cc1cccnc1N1CC[C@]2(c3ccc(F)cc3F)NC(N)O[C@@H]2C1. The molecule has 0 amide bonds. The van der Waals surface area contributed by atoms with Crippen molar-refractivity contribution in [3.8, 4) is 6.07 Å². The van der Waals surface area contributed by atoms with Crippen LogP contribution in [0.1, 0.15) is 17.5 Å². The predicted octanol–water partition coefficient (Wildman–Crippen LogP) is 1.57. The molecule has 1 aromatic carbocycles. The molecule has 8 heteroatoms. The normalized spacial score (nSPS) is 27.8. The molecule has 3 heterocycles. The highest BCUT2D eigenvalue weighted by atomic mass is 19.1. The number of ether oxygens (including phenoxy) is 1. The van der Waals surface area contributed by atoms with Crippen LogP contribution in [0.2, 0.25) is 0 Å². The molecular weight excluding hydrogens is 340 g/mol. The van der Waals surface area contributed by atoms with Crippen LogP contribution in [0.25, 0.3) is 0 Å². The Hall–Kier alpha value is -2.60. The second-order valence-corrected chi connectivity index (χ2v) is 6.47. The number of aromatic nitrogens is 1. The van der Waals surface area contributed by atoms with E-state index in [0.29, 0.717) is 36.5 Å². The maximum Gasteiger partial charge on any atom is 0.162 e. The molecule has 3 N–H and O–H groups in total. The molecule has 26 heavy (non-hydrogen) atoms. The van der Waals surface area contributed by atoms with Gasteiger partial charge < -0.3 is 9.64 Å². The van der Waals surface area contributed by atoms with Gasteiger partial charge in [-0.1, -0.05) is 6.07 Å². The number of nitrogens with two attached hydrogens (primary N) is 1. The van der Waals surface area contributed by atoms with Crippen molar-refractivity contribution in [1.82, 2.24) is 10.3 Å². The third kappa shape index (κ3) is 2.61. The van der Waals surface area contributed by atoms with Gasteiger partial charge >= 0.3 is 0 Å². The van der Waals surface area contributed by atoms with Crippen LogP contribution < -0.4 is 16.0 Å². The summed E-state index contributed by atoms with van der Waals surface area (Å²) in [6.07, 6.45) is 0.857. The first-order valence-corrected chi connectivity index (χ1v) is 8.28. The summed E-state index contributed by atoms with van der Waals surface area (Å²) < 4.78 is 33.6. The van der Waals surface area contributed by atoms with Gasteiger partial charge in [-0.3, -0.25) is 11.1 Å². The summed E-state index contributed by atoms with van der Waals surface area (Å²) in [4.78, 5) is 6.24. The van der Waals surface area contributed by atoms with Crippen LogP contribution in [0, 0.1) is 23.0 Å². The molecule has 0 aliphatic carbocycles. The van der Waals surface area contributed by atoms with Gasteiger partial charge in [0, 0.05) is 30.9 Å². The minimum Gasteiger partial charge on any atom is -0.353 e. The van der Waals surface area contributed by atoms with E-state index in [1.54, 1.807) is 18.3 Å². The molecule has 3 atom stereocenters. The van der Waals surface area contributed by atoms with Crippen LogP contribution in [0.15, 0.2) is 36.5 Å². The molecule has 134 valence electrons. The van der Waals surface area contributed by atoms with Crippen LogP contribution in [-0.2, 0) is 10.3 Å². The van der Waals surface area contributed by atoms with Gasteiger partial charge in [-0.15, -0.1) is 0 Å². The average molecular weight is 357 g/mol. The van der Waals surface area contributed by atoms with Crippen molar-refractivity contribution in [2.75, 3.05) is 18.0 Å². The predicted molar refractivity (Wildman–Crippen MR) is 89.8 cm³/mol. The lowest BCUT2D eigenvalue weighted by atomic mass is 9.79. The topological polar surface area (TPSA) is 87.2 Å². The minimum absolute atomic E-state index is 0.332. The zero-order valence-electron chi connectivity index (χ0n) is 13.8. The van der Waals surface area contributed by atoms with E-state index in [4.69, 9.17) is 10.5 Å². The van der Waals surface area contributed by atoms with Gasteiger partial charge in [-0.25, -0.2) is 13.8 Å². The Morgan fingerprint density at radius 2 is 2.23 bits per heavy atom. The van der Waals surface area contributed by atoms with Gasteiger partial charge in [-0.05, 0) is 24.6 Å². The summed E-state index contributed by atoms with van der Waals surface area (Å²) in [5.74, 6) is -0.705. The van der Waals surface area contributed by atoms with E-state index in [1.807, 2.05) is 4.90 Å². The number of nitriles is 1. The number of benzene rings is 1. The molecule has 2 aliphatic rings. The number of fused-ring (bicyclic) bond motifs is 1. The molecule has 2 fully saturated rings. The van der Waals surface area contributed by atoms with E-state index in [9.17, 15) is 14.0 Å². The van der Waals surface area contributed by atoms with E-state index in [0.717, 1.165) is 6.07 Å². The fraction of sp³-hybridized carbons (Fsp3) is 0.333. The van der Waals surface area contributed by atoms with Gasteiger partial charge in [0.1, 0.15) is 29.6 Å². The van der Waals surface area contributed by atoms with Crippen LogP contribution in [-0.4, -0.2) is 30.5 Å². The van der Waals surface area contributed by atoms with Crippen LogP contribution in [0.4, 0.5) is 14.6 Å². The van der Waals surface area contributed by atoms with Crippen molar-refractivity contribution < 1.29 is 13.5 Å². The Morgan fingerprint density at radius 1 is 1.38 bits per heavy atom. The van der Waals surface area contributed by atoms with E-state index in [2.05, 4.69) is 16.4 Å². The monoisotopic (exact) mass is 357 g/mol. The number of nitrogens with one attached hydrogen (secondary N) is 1. The average Bonchev–Trinajstić information content (AvgIpc) is 2.97. The summed E-state index contributed by atoms with van der Waals surface area (Å²) in [5.41, 5.74) is 5.86. The molecule has 2 aromatic rings. The molecule has 1 aromatic heterocycles. The van der Waals surface area contributed by atoms with Crippen molar-refractivity contribution in [3.63, 3.8) is 0 Å². The molecular formula is C18H17F2N5O. The summed E-state index contributed by atoms with van der Waals surface area (Å²) in [5, 5.41) is 12.4. The second-order valence-electron chi connectivity index (χ2n) is 6.47. The van der Waals surface area contributed by atoms with Crippen molar-refractivity contribution in [2.45, 2.75) is 24.4 Å². The number of hydrogen-bond donors (Lipinski definition) is 2. The Labute approximate surface area is 149 Å². The number of halogens is 2. The molecule has 2 aliphatic heterocycles. The first kappa shape index (κ1) is 16.8. The minimum atomic E-state index is -0.852. The summed E-state index contributed by atoms with van der Waals surface area (Å²) in [6, 6.07) is 9.06. The van der Waals surface area contributed by atoms with Crippen molar-refractivity contribution in [1.29, 1.82) is 5.26 Å². The third-order valence-electron chi connectivity index (χ3n) is 5.04. The lowest BCUT2D eigenvalue weighted by Gasteiger charge is -2.43. The second kappa shape index (κ2) is 6.29. The molecule has 2 saturated heterocycles. The number of piperidine rings is 1. The molecule has 4 rings (SSSR count). The van der Waals surface area contributed by atoms with Gasteiger partial charge in [0.05, 0.1) is 11.1 Å². The van der Waals surface area contributed by atoms with E-state index in [1.165, 1.54) is 12.1 Å². The first-order chi connectivity index (χ1) is 12.5. The van der Waals surface area contributed by atoms with Crippen LogP contribution >= 0.6 is 0 Å². The smallest absolute Gasteiger partial charge is 0.162 e. The fourth-order valence-corrected chi connectivity index (χ4v) is 3.87. The standard InChI is InChI=1S/C18H17F2N5O/c19-12-3-4-13(14(20)8-12)18-5-7-25(10-15(18)26-17(22)24-18)16-11(9-21)2-1-6-23-16/h1-4,6,8,15,17,24H,5,7,10,22H2/t15-,17?,18-/m1/s1. The van der Waals surface area contributed by atoms with Gasteiger partial charge in [0.25, 0.3) is 0 Å². The Morgan fingerprint density at radius 3 is 3.00 bits per heavy atom. The molecule has 0 saturated carbocycles. The number of nitrogens with zero attached hydrogens (tertiary/aromatic N) is 3. The maximum absolute atomic E-state index is 14.5. The highest BCUT2D eigenvalue weighted by Gasteiger charge is 2.52. The fourth-order valence-electron chi connectivity index (χ4n) is 3.87. The molecule has 1 unspecified atom stereocenters. The number of hydrogen-bond acceptors (Lipinski definition) is 6. The van der Waals surface area contributed by atoms with E-state index in [-0.39, 0.29) is 0 Å². The molecule has 6 nitrogen and oxygen atoms in total. The quantitative estimate of drug-likeness (QED) is 0.848. The van der Waals surface area contributed by atoms with Gasteiger partial charge in [-0.2, -0.15) is 5.26 Å². The van der Waals surface area contributed by atoms with Gasteiger partial charge in [0.15, 0.2) is 6.35 Å². The highest BCUT2D eigenvalue weighted by Crippen LogP contribution is 2.41. The number of rotatable bonds is 2. The first-order valence-electron chi connectivity index (χ1n) is 8.28. The van der Waals surface area contributed by atoms with Crippen LogP contribution in [0.5, 0.6) is 0 Å². The van der Waals surface area contributed by atoms with Crippen molar-refractivity contribution >= 4 is 5.82 Å². The summed E-state index contributed by atoms with van der Waals surface area (Å²) in [7, 11) is 0. The van der Waals surface area contributed by atoms with Crippen LogP contribution in [0.3, 0.4) is 0 Å². The summed E-state index contributed by atoms with van der Waals surface area (Å²) in [6.45, 7) is 0.894. The Balaban J connectivity index is 1.70. The molecule has 0 bridgehead atoms. The zero-order valence-corrected chi connectivity index (χ0v) is 13.8. The van der Waals surface area contributed by atoms with E-state index >= 15 is 0 Å². The maximum atomic E-state index is 14.5. The summed E-state index contributed by atoms with van der Waals surface area (Å²) >= 11 is 0. The molecule has 0 radical (unpaired) electrons. The Kier molecular flexibility index (Phi) is 4.07.